The SMILES string of the molecule is CS(=O)(=O)Nc1cccc(-c2cscn2)c1. The molecule has 0 atom stereocenters. The highest BCUT2D eigenvalue weighted by Crippen LogP contribution is 2.22. The summed E-state index contributed by atoms with van der Waals surface area (Å²) in [5.74, 6) is 0. The van der Waals surface area contributed by atoms with E-state index in [1.165, 1.54) is 11.3 Å². The predicted octanol–water partition coefficient (Wildman–Crippen LogP) is 2.18. The summed E-state index contributed by atoms with van der Waals surface area (Å²) in [5.41, 5.74) is 4.04. The number of hydrogen-bond acceptors (Lipinski definition) is 4. The summed E-state index contributed by atoms with van der Waals surface area (Å²) in [7, 11) is -3.23. The summed E-state index contributed by atoms with van der Waals surface area (Å²) in [6, 6.07) is 7.15. The van der Waals surface area contributed by atoms with Crippen LogP contribution in [-0.2, 0) is 10.0 Å². The van der Waals surface area contributed by atoms with Crippen LogP contribution < -0.4 is 4.72 Å². The van der Waals surface area contributed by atoms with Crippen molar-refractivity contribution in [2.45, 2.75) is 0 Å². The molecule has 1 N–H and O–H groups in total. The van der Waals surface area contributed by atoms with E-state index in [0.29, 0.717) is 5.69 Å². The molecular weight excluding hydrogens is 244 g/mol. The van der Waals surface area contributed by atoms with Gasteiger partial charge in [0.25, 0.3) is 0 Å². The topological polar surface area (TPSA) is 59.1 Å². The van der Waals surface area contributed by atoms with E-state index in [1.807, 2.05) is 11.4 Å². The number of benzene rings is 1. The van der Waals surface area contributed by atoms with Gasteiger partial charge in [0, 0.05) is 16.6 Å². The Labute approximate surface area is 98.0 Å². The molecule has 1 heterocycles. The average Bonchev–Trinajstić information content (AvgIpc) is 2.68. The Kier molecular flexibility index (Phi) is 2.93. The van der Waals surface area contributed by atoms with E-state index in [1.54, 1.807) is 23.7 Å². The molecule has 0 aliphatic heterocycles. The molecule has 16 heavy (non-hydrogen) atoms. The number of nitrogens with one attached hydrogen (secondary N) is 1. The van der Waals surface area contributed by atoms with Crippen LogP contribution in [0.25, 0.3) is 11.3 Å². The number of aromatic nitrogens is 1. The molecule has 0 bridgehead atoms. The third-order valence-corrected chi connectivity index (χ3v) is 3.09. The molecule has 6 heteroatoms. The standard InChI is InChI=1S/C10H10N2O2S2/c1-16(13,14)12-9-4-2-3-8(5-9)10-6-15-7-11-10/h2-7,12H,1H3. The second-order valence-corrected chi connectivity index (χ2v) is 5.80. The number of anilines is 1. The van der Waals surface area contributed by atoms with Crippen LogP contribution in [0.15, 0.2) is 35.2 Å². The van der Waals surface area contributed by atoms with Crippen molar-refractivity contribution < 1.29 is 8.42 Å². The highest BCUT2D eigenvalue weighted by molar-refractivity contribution is 7.92. The second-order valence-electron chi connectivity index (χ2n) is 3.33. The molecule has 0 spiro atoms. The Hall–Kier alpha value is -1.40. The van der Waals surface area contributed by atoms with Crippen molar-refractivity contribution in [2.24, 2.45) is 0 Å². The zero-order valence-electron chi connectivity index (χ0n) is 8.54. The lowest BCUT2D eigenvalue weighted by Crippen LogP contribution is -2.09. The molecule has 4 nitrogen and oxygen atoms in total. The fourth-order valence-corrected chi connectivity index (χ4v) is 2.43. The van der Waals surface area contributed by atoms with Crippen LogP contribution in [0.3, 0.4) is 0 Å². The molecule has 0 aliphatic carbocycles. The molecule has 0 radical (unpaired) electrons. The van der Waals surface area contributed by atoms with Crippen LogP contribution in [0.5, 0.6) is 0 Å². The van der Waals surface area contributed by atoms with Gasteiger partial charge in [-0.3, -0.25) is 4.72 Å². The molecule has 0 amide bonds. The van der Waals surface area contributed by atoms with Gasteiger partial charge in [-0.05, 0) is 12.1 Å². The number of thiazole rings is 1. The molecule has 1 aromatic heterocycles. The van der Waals surface area contributed by atoms with Crippen molar-refractivity contribution in [1.29, 1.82) is 0 Å². The lowest BCUT2D eigenvalue weighted by Gasteiger charge is -2.04. The molecule has 0 aliphatic rings. The fourth-order valence-electron chi connectivity index (χ4n) is 1.31. The first-order valence-corrected chi connectivity index (χ1v) is 7.34. The molecule has 0 saturated heterocycles. The van der Waals surface area contributed by atoms with E-state index in [4.69, 9.17) is 0 Å². The van der Waals surface area contributed by atoms with Crippen LogP contribution >= 0.6 is 11.3 Å². The van der Waals surface area contributed by atoms with E-state index in [2.05, 4.69) is 9.71 Å². The predicted molar refractivity (Wildman–Crippen MR) is 66.0 cm³/mol. The lowest BCUT2D eigenvalue weighted by molar-refractivity contribution is 0.607. The van der Waals surface area contributed by atoms with Gasteiger partial charge < -0.3 is 0 Å². The summed E-state index contributed by atoms with van der Waals surface area (Å²) < 4.78 is 24.6. The highest BCUT2D eigenvalue weighted by atomic mass is 32.2. The van der Waals surface area contributed by atoms with E-state index < -0.39 is 10.0 Å². The van der Waals surface area contributed by atoms with Gasteiger partial charge in [-0.1, -0.05) is 12.1 Å². The molecule has 0 saturated carbocycles. The maximum absolute atomic E-state index is 11.1. The minimum Gasteiger partial charge on any atom is -0.284 e. The number of nitrogens with zero attached hydrogens (tertiary/aromatic N) is 1. The van der Waals surface area contributed by atoms with Crippen LogP contribution in [0, 0.1) is 0 Å². The minimum atomic E-state index is -3.23. The van der Waals surface area contributed by atoms with Gasteiger partial charge in [-0.15, -0.1) is 11.3 Å². The third-order valence-electron chi connectivity index (χ3n) is 1.89. The van der Waals surface area contributed by atoms with Crippen LogP contribution in [0.2, 0.25) is 0 Å². The molecule has 0 fully saturated rings. The van der Waals surface area contributed by atoms with Gasteiger partial charge in [0.15, 0.2) is 0 Å². The molecule has 2 aromatic rings. The van der Waals surface area contributed by atoms with E-state index in [9.17, 15) is 8.42 Å². The summed E-state index contributed by atoms with van der Waals surface area (Å²) in [5, 5.41) is 1.92. The molecule has 1 aromatic carbocycles. The smallest absolute Gasteiger partial charge is 0.229 e. The van der Waals surface area contributed by atoms with Gasteiger partial charge in [0.05, 0.1) is 17.5 Å². The Bertz CT molecular complexity index is 577. The van der Waals surface area contributed by atoms with Gasteiger partial charge in [0.1, 0.15) is 0 Å². The Morgan fingerprint density at radius 3 is 2.81 bits per heavy atom. The van der Waals surface area contributed by atoms with E-state index in [0.717, 1.165) is 17.5 Å². The zero-order valence-corrected chi connectivity index (χ0v) is 10.2. The normalized spacial score (nSPS) is 11.3. The Morgan fingerprint density at radius 2 is 2.19 bits per heavy atom. The molecule has 84 valence electrons. The Balaban J connectivity index is 2.34. The summed E-state index contributed by atoms with van der Waals surface area (Å²) in [6.07, 6.45) is 1.13. The third kappa shape index (κ3) is 2.80. The molecular formula is C10H10N2O2S2. The van der Waals surface area contributed by atoms with Gasteiger partial charge in [-0.25, -0.2) is 13.4 Å². The van der Waals surface area contributed by atoms with Crippen LogP contribution in [-0.4, -0.2) is 19.7 Å². The number of hydrogen-bond donors (Lipinski definition) is 1. The van der Waals surface area contributed by atoms with Crippen molar-refractivity contribution in [3.05, 3.63) is 35.2 Å². The van der Waals surface area contributed by atoms with Crippen molar-refractivity contribution in [3.8, 4) is 11.3 Å². The first kappa shape index (κ1) is 11.1. The van der Waals surface area contributed by atoms with E-state index >= 15 is 0 Å². The van der Waals surface area contributed by atoms with Crippen LogP contribution in [0.1, 0.15) is 0 Å². The average molecular weight is 254 g/mol. The van der Waals surface area contributed by atoms with Gasteiger partial charge in [0.2, 0.25) is 10.0 Å². The lowest BCUT2D eigenvalue weighted by atomic mass is 10.1. The van der Waals surface area contributed by atoms with Crippen molar-refractivity contribution in [2.75, 3.05) is 11.0 Å². The molecule has 2 rings (SSSR count). The molecule has 0 unspecified atom stereocenters. The summed E-state index contributed by atoms with van der Waals surface area (Å²) in [6.45, 7) is 0. The quantitative estimate of drug-likeness (QED) is 0.913. The van der Waals surface area contributed by atoms with Crippen LogP contribution in [0.4, 0.5) is 5.69 Å². The van der Waals surface area contributed by atoms with Crippen molar-refractivity contribution >= 4 is 27.0 Å². The monoisotopic (exact) mass is 254 g/mol. The maximum atomic E-state index is 11.1. The first-order valence-electron chi connectivity index (χ1n) is 4.51. The van der Waals surface area contributed by atoms with Gasteiger partial charge >= 0.3 is 0 Å². The second kappa shape index (κ2) is 4.23. The fraction of sp³-hybridized carbons (Fsp3) is 0.100. The zero-order chi connectivity index (χ0) is 11.6. The minimum absolute atomic E-state index is 0.549. The van der Waals surface area contributed by atoms with Crippen molar-refractivity contribution in [3.63, 3.8) is 0 Å². The summed E-state index contributed by atoms with van der Waals surface area (Å²) >= 11 is 1.50. The maximum Gasteiger partial charge on any atom is 0.229 e. The van der Waals surface area contributed by atoms with Gasteiger partial charge in [-0.2, -0.15) is 0 Å². The number of rotatable bonds is 3. The summed E-state index contributed by atoms with van der Waals surface area (Å²) in [4.78, 5) is 4.17. The van der Waals surface area contributed by atoms with E-state index in [-0.39, 0.29) is 0 Å². The number of sulfonamides is 1. The highest BCUT2D eigenvalue weighted by Gasteiger charge is 2.04. The largest absolute Gasteiger partial charge is 0.284 e. The van der Waals surface area contributed by atoms with Crippen molar-refractivity contribution in [1.82, 2.24) is 4.98 Å². The Morgan fingerprint density at radius 1 is 1.38 bits per heavy atom. The first-order chi connectivity index (χ1) is 7.54.